The first kappa shape index (κ1) is 16.3. The van der Waals surface area contributed by atoms with Crippen molar-refractivity contribution in [3.63, 3.8) is 0 Å². The first-order chi connectivity index (χ1) is 10.1. The minimum atomic E-state index is 0.292. The summed E-state index contributed by atoms with van der Waals surface area (Å²) < 4.78 is 11.8. The van der Waals surface area contributed by atoms with Crippen LogP contribution >= 0.6 is 0 Å². The fraction of sp³-hybridized carbons (Fsp3) is 0.667. The van der Waals surface area contributed by atoms with Crippen molar-refractivity contribution in [1.29, 1.82) is 0 Å². The van der Waals surface area contributed by atoms with Gasteiger partial charge in [-0.3, -0.25) is 0 Å². The van der Waals surface area contributed by atoms with Crippen LogP contribution in [0.15, 0.2) is 12.1 Å². The highest BCUT2D eigenvalue weighted by Crippen LogP contribution is 2.30. The summed E-state index contributed by atoms with van der Waals surface area (Å²) in [6.45, 7) is 8.35. The Kier molecular flexibility index (Phi) is 6.07. The van der Waals surface area contributed by atoms with Gasteiger partial charge in [0.1, 0.15) is 11.9 Å². The van der Waals surface area contributed by atoms with Gasteiger partial charge in [0, 0.05) is 20.1 Å². The molecule has 0 heterocycles. The average molecular weight is 291 g/mol. The summed E-state index contributed by atoms with van der Waals surface area (Å²) in [7, 11) is 1.80. The second kappa shape index (κ2) is 7.81. The number of hydrogen-bond donors (Lipinski definition) is 1. The molecular formula is C18H29NO2. The van der Waals surface area contributed by atoms with Crippen molar-refractivity contribution in [3.8, 4) is 5.75 Å². The Hall–Kier alpha value is -1.06. The van der Waals surface area contributed by atoms with Crippen molar-refractivity contribution < 1.29 is 9.47 Å². The van der Waals surface area contributed by atoms with E-state index >= 15 is 0 Å². The van der Waals surface area contributed by atoms with E-state index in [-0.39, 0.29) is 0 Å². The minimum absolute atomic E-state index is 0.292. The molecule has 1 aromatic rings. The van der Waals surface area contributed by atoms with E-state index in [0.29, 0.717) is 12.2 Å². The minimum Gasteiger partial charge on any atom is -0.490 e. The zero-order valence-corrected chi connectivity index (χ0v) is 13.9. The highest BCUT2D eigenvalue weighted by atomic mass is 16.5. The number of methoxy groups -OCH3 is 1. The summed E-state index contributed by atoms with van der Waals surface area (Å²) >= 11 is 0. The van der Waals surface area contributed by atoms with Crippen molar-refractivity contribution in [2.45, 2.75) is 65.2 Å². The molecule has 3 nitrogen and oxygen atoms in total. The Morgan fingerprint density at radius 2 is 1.81 bits per heavy atom. The van der Waals surface area contributed by atoms with Gasteiger partial charge in [-0.25, -0.2) is 0 Å². The molecule has 0 aliphatic heterocycles. The highest BCUT2D eigenvalue weighted by Gasteiger charge is 2.24. The van der Waals surface area contributed by atoms with Crippen LogP contribution in [-0.4, -0.2) is 25.9 Å². The van der Waals surface area contributed by atoms with Crippen LogP contribution in [0.1, 0.15) is 49.3 Å². The molecule has 1 aliphatic carbocycles. The van der Waals surface area contributed by atoms with E-state index in [1.165, 1.54) is 23.1 Å². The lowest BCUT2D eigenvalue weighted by atomic mass is 9.94. The third-order valence-corrected chi connectivity index (χ3v) is 4.30. The van der Waals surface area contributed by atoms with E-state index in [0.717, 1.165) is 38.1 Å². The molecule has 0 saturated heterocycles. The molecule has 0 radical (unpaired) electrons. The van der Waals surface area contributed by atoms with E-state index < -0.39 is 0 Å². The topological polar surface area (TPSA) is 30.5 Å². The van der Waals surface area contributed by atoms with E-state index in [4.69, 9.17) is 9.47 Å². The maximum atomic E-state index is 6.31. The van der Waals surface area contributed by atoms with Crippen molar-refractivity contribution >= 4 is 0 Å². The van der Waals surface area contributed by atoms with Gasteiger partial charge in [0.15, 0.2) is 0 Å². The quantitative estimate of drug-likeness (QED) is 0.866. The van der Waals surface area contributed by atoms with Gasteiger partial charge in [-0.15, -0.1) is 0 Å². The van der Waals surface area contributed by atoms with Crippen LogP contribution in [0.5, 0.6) is 5.75 Å². The van der Waals surface area contributed by atoms with Crippen molar-refractivity contribution in [1.82, 2.24) is 5.32 Å². The fourth-order valence-corrected chi connectivity index (χ4v) is 3.19. The lowest BCUT2D eigenvalue weighted by molar-refractivity contribution is 0.0205. The molecule has 1 aromatic carbocycles. The smallest absolute Gasteiger partial charge is 0.125 e. The van der Waals surface area contributed by atoms with Gasteiger partial charge in [0.2, 0.25) is 0 Å². The predicted octanol–water partition coefficient (Wildman–Crippen LogP) is 3.75. The Morgan fingerprint density at radius 1 is 1.14 bits per heavy atom. The van der Waals surface area contributed by atoms with Gasteiger partial charge < -0.3 is 14.8 Å². The van der Waals surface area contributed by atoms with Crippen molar-refractivity contribution in [2.24, 2.45) is 0 Å². The molecule has 0 amide bonds. The van der Waals surface area contributed by atoms with E-state index in [2.05, 4.69) is 38.2 Å². The van der Waals surface area contributed by atoms with Crippen LogP contribution in [0.3, 0.4) is 0 Å². The first-order valence-electron chi connectivity index (χ1n) is 8.14. The lowest BCUT2D eigenvalue weighted by Crippen LogP contribution is -2.29. The molecule has 1 aliphatic rings. The van der Waals surface area contributed by atoms with Crippen molar-refractivity contribution in [3.05, 3.63) is 28.8 Å². The molecule has 1 saturated carbocycles. The van der Waals surface area contributed by atoms with Crippen LogP contribution in [-0.2, 0) is 11.3 Å². The normalized spacial score (nSPS) is 22.3. The Balaban J connectivity index is 2.05. The monoisotopic (exact) mass is 291 g/mol. The van der Waals surface area contributed by atoms with Gasteiger partial charge in [-0.2, -0.15) is 0 Å². The highest BCUT2D eigenvalue weighted by molar-refractivity contribution is 5.43. The molecular weight excluding hydrogens is 262 g/mol. The van der Waals surface area contributed by atoms with Gasteiger partial charge in [-0.1, -0.05) is 19.1 Å². The van der Waals surface area contributed by atoms with Crippen LogP contribution < -0.4 is 10.1 Å². The Bertz CT molecular complexity index is 436. The summed E-state index contributed by atoms with van der Waals surface area (Å²) in [6.07, 6.45) is 5.15. The number of ether oxygens (including phenoxy) is 2. The van der Waals surface area contributed by atoms with Gasteiger partial charge in [0.05, 0.1) is 6.10 Å². The second-order valence-corrected chi connectivity index (χ2v) is 6.10. The van der Waals surface area contributed by atoms with E-state index in [1.807, 2.05) is 0 Å². The molecule has 118 valence electrons. The summed E-state index contributed by atoms with van der Waals surface area (Å²) in [4.78, 5) is 0. The Labute approximate surface area is 129 Å². The second-order valence-electron chi connectivity index (χ2n) is 6.10. The fourth-order valence-electron chi connectivity index (χ4n) is 3.19. The van der Waals surface area contributed by atoms with Crippen LogP contribution in [0, 0.1) is 13.8 Å². The largest absolute Gasteiger partial charge is 0.490 e. The Morgan fingerprint density at radius 3 is 2.43 bits per heavy atom. The lowest BCUT2D eigenvalue weighted by Gasteiger charge is -2.30. The third-order valence-electron chi connectivity index (χ3n) is 4.30. The maximum Gasteiger partial charge on any atom is 0.125 e. The van der Waals surface area contributed by atoms with Gasteiger partial charge in [-0.05, 0) is 56.3 Å². The summed E-state index contributed by atoms with van der Waals surface area (Å²) in [6, 6.07) is 4.48. The summed E-state index contributed by atoms with van der Waals surface area (Å²) in [5.74, 6) is 1.07. The van der Waals surface area contributed by atoms with Crippen LogP contribution in [0.2, 0.25) is 0 Å². The molecule has 0 aromatic heterocycles. The molecule has 0 spiro atoms. The number of hydrogen-bond acceptors (Lipinski definition) is 3. The standard InChI is InChI=1S/C18H29NO2/c1-5-19-12-15-9-13(2)18(14(3)10-15)21-17-8-6-7-16(11-17)20-4/h9-10,16-17,19H,5-8,11-12H2,1-4H3. The SMILES string of the molecule is CCNCc1cc(C)c(OC2CCCC(OC)C2)c(C)c1. The predicted molar refractivity (Wildman–Crippen MR) is 87.0 cm³/mol. The van der Waals surface area contributed by atoms with Crippen LogP contribution in [0.4, 0.5) is 0 Å². The summed E-state index contributed by atoms with van der Waals surface area (Å²) in [5.41, 5.74) is 3.81. The molecule has 2 atom stereocenters. The molecule has 2 rings (SSSR count). The number of nitrogens with one attached hydrogen (secondary N) is 1. The maximum absolute atomic E-state index is 6.31. The number of aryl methyl sites for hydroxylation is 2. The van der Waals surface area contributed by atoms with Crippen molar-refractivity contribution in [2.75, 3.05) is 13.7 Å². The molecule has 1 N–H and O–H groups in total. The first-order valence-corrected chi connectivity index (χ1v) is 8.14. The van der Waals surface area contributed by atoms with Crippen LogP contribution in [0.25, 0.3) is 0 Å². The van der Waals surface area contributed by atoms with E-state index in [1.54, 1.807) is 7.11 Å². The zero-order chi connectivity index (χ0) is 15.2. The number of benzene rings is 1. The zero-order valence-electron chi connectivity index (χ0n) is 13.9. The van der Waals surface area contributed by atoms with E-state index in [9.17, 15) is 0 Å². The molecule has 21 heavy (non-hydrogen) atoms. The third kappa shape index (κ3) is 4.45. The van der Waals surface area contributed by atoms with Gasteiger partial charge in [0.25, 0.3) is 0 Å². The molecule has 1 fully saturated rings. The molecule has 2 unspecified atom stereocenters. The average Bonchev–Trinajstić information content (AvgIpc) is 2.49. The summed E-state index contributed by atoms with van der Waals surface area (Å²) in [5, 5.41) is 3.38. The molecule has 3 heteroatoms. The van der Waals surface area contributed by atoms with Gasteiger partial charge >= 0.3 is 0 Å². The number of rotatable bonds is 6. The molecule has 0 bridgehead atoms.